The average Bonchev–Trinajstić information content (AvgIpc) is 2.67. The minimum Gasteiger partial charge on any atom is -0.481 e. The summed E-state index contributed by atoms with van der Waals surface area (Å²) in [6.07, 6.45) is -0.606. The first-order chi connectivity index (χ1) is 13.4. The number of nitrogens with one attached hydrogen (secondary N) is 1. The van der Waals surface area contributed by atoms with Crippen LogP contribution >= 0.6 is 23.4 Å². The molecule has 2 aromatic carbocycles. The number of hydrogen-bond acceptors (Lipinski definition) is 4. The molecule has 2 aromatic rings. The van der Waals surface area contributed by atoms with Crippen molar-refractivity contribution < 1.29 is 9.53 Å². The van der Waals surface area contributed by atoms with Gasteiger partial charge in [0.2, 0.25) is 0 Å². The van der Waals surface area contributed by atoms with Crippen LogP contribution in [0.5, 0.6) is 5.75 Å². The van der Waals surface area contributed by atoms with Crippen LogP contribution in [0.2, 0.25) is 5.02 Å². The quantitative estimate of drug-likeness (QED) is 0.723. The molecular weight excluding hydrogens is 392 g/mol. The van der Waals surface area contributed by atoms with Crippen LogP contribution in [0.1, 0.15) is 23.6 Å². The molecule has 28 heavy (non-hydrogen) atoms. The summed E-state index contributed by atoms with van der Waals surface area (Å²) in [5, 5.41) is 3.66. The zero-order chi connectivity index (χ0) is 20.1. The van der Waals surface area contributed by atoms with E-state index < -0.39 is 6.10 Å². The molecule has 1 fully saturated rings. The molecule has 3 rings (SSSR count). The summed E-state index contributed by atoms with van der Waals surface area (Å²) in [7, 11) is 0. The smallest absolute Gasteiger partial charge is 0.265 e. The second-order valence-corrected chi connectivity index (χ2v) is 8.83. The maximum atomic E-state index is 12.5. The van der Waals surface area contributed by atoms with Crippen LogP contribution in [0.15, 0.2) is 36.4 Å². The summed E-state index contributed by atoms with van der Waals surface area (Å²) in [6.45, 7) is 8.93. The highest BCUT2D eigenvalue weighted by Crippen LogP contribution is 2.23. The average molecular weight is 419 g/mol. The first-order valence-electron chi connectivity index (χ1n) is 9.55. The van der Waals surface area contributed by atoms with Crippen LogP contribution in [0.4, 0.5) is 5.69 Å². The number of amides is 1. The van der Waals surface area contributed by atoms with Crippen molar-refractivity contribution in [2.75, 3.05) is 29.9 Å². The molecule has 1 unspecified atom stereocenters. The van der Waals surface area contributed by atoms with Crippen molar-refractivity contribution in [3.8, 4) is 5.75 Å². The standard InChI is InChI=1S/C22H27ClN2O2S/c1-15-13-19(5-6-20(15)23)27-17(3)22(26)24-21-7-4-18(12-16(21)2)14-25-8-10-28-11-9-25/h4-7,12-13,17H,8-11,14H2,1-3H3,(H,24,26). The summed E-state index contributed by atoms with van der Waals surface area (Å²) in [5.41, 5.74) is 4.09. The van der Waals surface area contributed by atoms with Crippen molar-refractivity contribution in [1.82, 2.24) is 4.90 Å². The predicted octanol–water partition coefficient (Wildman–Crippen LogP) is 4.91. The maximum Gasteiger partial charge on any atom is 0.265 e. The van der Waals surface area contributed by atoms with Crippen LogP contribution in [0.3, 0.4) is 0 Å². The number of rotatable bonds is 6. The fraction of sp³-hybridized carbons (Fsp3) is 0.409. The van der Waals surface area contributed by atoms with Crippen LogP contribution < -0.4 is 10.1 Å². The largest absolute Gasteiger partial charge is 0.481 e. The second kappa shape index (κ2) is 9.68. The van der Waals surface area contributed by atoms with Crippen molar-refractivity contribution in [3.05, 3.63) is 58.1 Å². The number of benzene rings is 2. The molecular formula is C22H27ClN2O2S. The lowest BCUT2D eigenvalue weighted by Crippen LogP contribution is -2.32. The molecule has 0 radical (unpaired) electrons. The van der Waals surface area contributed by atoms with Crippen molar-refractivity contribution >= 4 is 35.0 Å². The van der Waals surface area contributed by atoms with Gasteiger partial charge in [-0.05, 0) is 61.7 Å². The summed E-state index contributed by atoms with van der Waals surface area (Å²) < 4.78 is 5.77. The van der Waals surface area contributed by atoms with Gasteiger partial charge in [0.1, 0.15) is 5.75 Å². The lowest BCUT2D eigenvalue weighted by Gasteiger charge is -2.26. The molecule has 0 aromatic heterocycles. The fourth-order valence-corrected chi connectivity index (χ4v) is 4.26. The SMILES string of the molecule is Cc1cc(OC(C)C(=O)Nc2ccc(CN3CCSCC3)cc2C)ccc1Cl. The Bertz CT molecular complexity index is 837. The fourth-order valence-electron chi connectivity index (χ4n) is 3.16. The Morgan fingerprint density at radius 2 is 1.93 bits per heavy atom. The van der Waals surface area contributed by atoms with Gasteiger partial charge in [-0.2, -0.15) is 11.8 Å². The van der Waals surface area contributed by atoms with E-state index in [0.29, 0.717) is 10.8 Å². The molecule has 1 amide bonds. The molecule has 1 atom stereocenters. The maximum absolute atomic E-state index is 12.5. The first-order valence-corrected chi connectivity index (χ1v) is 11.1. The minimum absolute atomic E-state index is 0.170. The third-order valence-electron chi connectivity index (χ3n) is 4.87. The van der Waals surface area contributed by atoms with Gasteiger partial charge in [0.25, 0.3) is 5.91 Å². The Balaban J connectivity index is 1.58. The summed E-state index contributed by atoms with van der Waals surface area (Å²) in [4.78, 5) is 15.0. The van der Waals surface area contributed by atoms with Crippen LogP contribution in [0, 0.1) is 13.8 Å². The van der Waals surface area contributed by atoms with E-state index >= 15 is 0 Å². The molecule has 0 bridgehead atoms. The topological polar surface area (TPSA) is 41.6 Å². The van der Waals surface area contributed by atoms with Crippen LogP contribution in [-0.4, -0.2) is 41.5 Å². The van der Waals surface area contributed by atoms with Crippen molar-refractivity contribution in [3.63, 3.8) is 0 Å². The number of carbonyl (C=O) groups excluding carboxylic acids is 1. The van der Waals surface area contributed by atoms with Gasteiger partial charge in [-0.15, -0.1) is 0 Å². The van der Waals surface area contributed by atoms with Gasteiger partial charge >= 0.3 is 0 Å². The summed E-state index contributed by atoms with van der Waals surface area (Å²) in [6, 6.07) is 11.6. The highest BCUT2D eigenvalue weighted by molar-refractivity contribution is 7.99. The molecule has 1 aliphatic rings. The number of carbonyl (C=O) groups is 1. The molecule has 4 nitrogen and oxygen atoms in total. The summed E-state index contributed by atoms with van der Waals surface area (Å²) >= 11 is 8.06. The Labute approximate surface area is 176 Å². The van der Waals surface area contributed by atoms with E-state index in [-0.39, 0.29) is 5.91 Å². The molecule has 1 N–H and O–H groups in total. The Morgan fingerprint density at radius 1 is 1.18 bits per heavy atom. The third-order valence-corrected chi connectivity index (χ3v) is 6.24. The molecule has 150 valence electrons. The van der Waals surface area contributed by atoms with Gasteiger partial charge in [0.15, 0.2) is 6.10 Å². The summed E-state index contributed by atoms with van der Waals surface area (Å²) in [5.74, 6) is 2.88. The zero-order valence-electron chi connectivity index (χ0n) is 16.6. The molecule has 6 heteroatoms. The predicted molar refractivity (Wildman–Crippen MR) is 119 cm³/mol. The number of nitrogens with zero attached hydrogens (tertiary/aromatic N) is 1. The Kier molecular flexibility index (Phi) is 7.27. The zero-order valence-corrected chi connectivity index (χ0v) is 18.2. The van der Waals surface area contributed by atoms with Gasteiger partial charge in [-0.25, -0.2) is 0 Å². The number of aryl methyl sites for hydroxylation is 2. The van der Waals surface area contributed by atoms with E-state index in [1.54, 1.807) is 19.1 Å². The molecule has 1 saturated heterocycles. The number of halogens is 1. The number of thioether (sulfide) groups is 1. The number of ether oxygens (including phenoxy) is 1. The van der Waals surface area contributed by atoms with E-state index in [2.05, 4.69) is 22.3 Å². The van der Waals surface area contributed by atoms with Gasteiger partial charge in [-0.1, -0.05) is 23.7 Å². The number of anilines is 1. The van der Waals surface area contributed by atoms with Gasteiger partial charge in [0.05, 0.1) is 0 Å². The van der Waals surface area contributed by atoms with Crippen molar-refractivity contribution in [1.29, 1.82) is 0 Å². The van der Waals surface area contributed by atoms with Gasteiger partial charge in [0, 0.05) is 41.8 Å². The molecule has 1 aliphatic heterocycles. The molecule has 1 heterocycles. The molecule has 0 aliphatic carbocycles. The highest BCUT2D eigenvalue weighted by atomic mass is 35.5. The minimum atomic E-state index is -0.606. The monoisotopic (exact) mass is 418 g/mol. The highest BCUT2D eigenvalue weighted by Gasteiger charge is 2.17. The van der Waals surface area contributed by atoms with Gasteiger partial charge < -0.3 is 10.1 Å². The van der Waals surface area contributed by atoms with Crippen LogP contribution in [0.25, 0.3) is 0 Å². The molecule has 0 spiro atoms. The Morgan fingerprint density at radius 3 is 2.61 bits per heavy atom. The normalized spacial score (nSPS) is 15.9. The second-order valence-electron chi connectivity index (χ2n) is 7.20. The Hall–Kier alpha value is -1.69. The first kappa shape index (κ1) is 21.0. The van der Waals surface area contributed by atoms with E-state index in [1.807, 2.05) is 37.7 Å². The number of hydrogen-bond donors (Lipinski definition) is 1. The van der Waals surface area contributed by atoms with E-state index in [9.17, 15) is 4.79 Å². The third kappa shape index (κ3) is 5.66. The van der Waals surface area contributed by atoms with E-state index in [1.165, 1.54) is 17.1 Å². The van der Waals surface area contributed by atoms with Gasteiger partial charge in [-0.3, -0.25) is 9.69 Å². The van der Waals surface area contributed by atoms with E-state index in [0.717, 1.165) is 36.4 Å². The van der Waals surface area contributed by atoms with Crippen molar-refractivity contribution in [2.45, 2.75) is 33.4 Å². The van der Waals surface area contributed by atoms with Crippen molar-refractivity contribution in [2.24, 2.45) is 0 Å². The van der Waals surface area contributed by atoms with Crippen LogP contribution in [-0.2, 0) is 11.3 Å². The van der Waals surface area contributed by atoms with E-state index in [4.69, 9.17) is 16.3 Å². The lowest BCUT2D eigenvalue weighted by atomic mass is 10.1. The molecule has 0 saturated carbocycles. The lowest BCUT2D eigenvalue weighted by molar-refractivity contribution is -0.122.